The fourth-order valence-electron chi connectivity index (χ4n) is 11.7. The minimum atomic E-state index is -0.708. The van der Waals surface area contributed by atoms with Crippen LogP contribution in [0.1, 0.15) is 72.2 Å². The molecule has 0 saturated heterocycles. The van der Waals surface area contributed by atoms with Gasteiger partial charge < -0.3 is 4.90 Å². The predicted octanol–water partition coefficient (Wildman–Crippen LogP) is 15.8. The molecule has 12 rings (SSSR count). The summed E-state index contributed by atoms with van der Waals surface area (Å²) in [5.74, 6) is 0. The SMILES string of the molecule is CC1(C)c2ccccc2-c2cc(N(c3ccc4c(c3)C(C)(C)c3ccccc3-4)c3ccccc3C3(c4ccccc4)c4ccccc4-c4ccccc4-c4ccccc43)ccc21. The second-order valence-corrected chi connectivity index (χ2v) is 18.4. The summed E-state index contributed by atoms with van der Waals surface area (Å²) in [5.41, 5.74) is 23.2. The highest BCUT2D eigenvalue weighted by Gasteiger charge is 2.46. The normalized spacial score (nSPS) is 15.2. The van der Waals surface area contributed by atoms with Gasteiger partial charge >= 0.3 is 0 Å². The van der Waals surface area contributed by atoms with Crippen molar-refractivity contribution in [1.29, 1.82) is 0 Å². The number of rotatable bonds is 5. The van der Waals surface area contributed by atoms with Crippen LogP contribution < -0.4 is 4.90 Å². The molecule has 296 valence electrons. The zero-order chi connectivity index (χ0) is 41.8. The van der Waals surface area contributed by atoms with Crippen molar-refractivity contribution in [3.63, 3.8) is 0 Å². The van der Waals surface area contributed by atoms with Gasteiger partial charge in [-0.2, -0.15) is 0 Å². The standard InChI is InChI=1S/C61H47N/c1-59(2)52-29-15-11-27-48(52)50-38-41(35-37-53(50)59)62(42-34-36-49-47-26-10-14-28-51(47)60(3,4)57(49)39-42)58-33-19-18-32-56(58)61(40-20-6-5-7-21-40)54-30-16-12-24-45(54)43-22-8-9-23-44(43)46-25-13-17-31-55(46)61/h5-39H,1-4H3. The van der Waals surface area contributed by atoms with Crippen LogP contribution in [0.5, 0.6) is 0 Å². The van der Waals surface area contributed by atoms with Crippen molar-refractivity contribution in [2.24, 2.45) is 0 Å². The highest BCUT2D eigenvalue weighted by atomic mass is 15.1. The molecule has 1 nitrogen and oxygen atoms in total. The number of para-hydroxylation sites is 1. The third-order valence-corrected chi connectivity index (χ3v) is 14.6. The molecular formula is C61H47N. The largest absolute Gasteiger partial charge is 0.310 e. The second-order valence-electron chi connectivity index (χ2n) is 18.4. The lowest BCUT2D eigenvalue weighted by atomic mass is 9.63. The molecule has 0 aliphatic heterocycles. The van der Waals surface area contributed by atoms with E-state index in [2.05, 4.69) is 245 Å². The lowest BCUT2D eigenvalue weighted by Crippen LogP contribution is -2.33. The van der Waals surface area contributed by atoms with Gasteiger partial charge in [-0.05, 0) is 119 Å². The van der Waals surface area contributed by atoms with E-state index in [9.17, 15) is 0 Å². The maximum atomic E-state index is 2.57. The Bertz CT molecular complexity index is 3190. The van der Waals surface area contributed by atoms with Crippen LogP contribution in [0, 0.1) is 0 Å². The van der Waals surface area contributed by atoms with Gasteiger partial charge in [-0.1, -0.05) is 210 Å². The molecule has 0 aromatic heterocycles. The first-order chi connectivity index (χ1) is 30.3. The number of anilines is 3. The maximum Gasteiger partial charge on any atom is 0.0733 e. The molecule has 0 amide bonds. The molecule has 62 heavy (non-hydrogen) atoms. The van der Waals surface area contributed by atoms with Gasteiger partial charge in [0, 0.05) is 22.2 Å². The number of benzene rings is 9. The summed E-state index contributed by atoms with van der Waals surface area (Å²) in [4.78, 5) is 2.57. The third-order valence-electron chi connectivity index (χ3n) is 14.6. The summed E-state index contributed by atoms with van der Waals surface area (Å²) in [5, 5.41) is 0. The summed E-state index contributed by atoms with van der Waals surface area (Å²) in [6.45, 7) is 9.51. The van der Waals surface area contributed by atoms with Crippen LogP contribution in [0.25, 0.3) is 44.5 Å². The summed E-state index contributed by atoms with van der Waals surface area (Å²) >= 11 is 0. The van der Waals surface area contributed by atoms with Crippen LogP contribution in [0.4, 0.5) is 17.1 Å². The third kappa shape index (κ3) is 4.97. The zero-order valence-corrected chi connectivity index (χ0v) is 35.7. The van der Waals surface area contributed by atoms with E-state index < -0.39 is 5.41 Å². The molecule has 0 fully saturated rings. The fourth-order valence-corrected chi connectivity index (χ4v) is 11.7. The van der Waals surface area contributed by atoms with Crippen LogP contribution in [0.15, 0.2) is 212 Å². The lowest BCUT2D eigenvalue weighted by Gasteiger charge is -2.41. The predicted molar refractivity (Wildman–Crippen MR) is 259 cm³/mol. The first kappa shape index (κ1) is 36.6. The van der Waals surface area contributed by atoms with Crippen LogP contribution in [-0.2, 0) is 16.2 Å². The average Bonchev–Trinajstić information content (AvgIpc) is 3.64. The van der Waals surface area contributed by atoms with Crippen LogP contribution in [0.2, 0.25) is 0 Å². The van der Waals surface area contributed by atoms with Gasteiger partial charge in [0.2, 0.25) is 0 Å². The zero-order valence-electron chi connectivity index (χ0n) is 35.7. The topological polar surface area (TPSA) is 3.24 Å². The van der Waals surface area contributed by atoms with Gasteiger partial charge in [-0.25, -0.2) is 0 Å². The first-order valence-electron chi connectivity index (χ1n) is 22.0. The molecule has 3 aliphatic carbocycles. The quantitative estimate of drug-likeness (QED) is 0.168. The molecule has 9 aromatic carbocycles. The molecule has 0 spiro atoms. The van der Waals surface area contributed by atoms with Crippen LogP contribution in [-0.4, -0.2) is 0 Å². The van der Waals surface area contributed by atoms with E-state index in [1.165, 1.54) is 89.0 Å². The summed E-state index contributed by atoms with van der Waals surface area (Å²) in [7, 11) is 0. The molecule has 0 atom stereocenters. The van der Waals surface area contributed by atoms with Crippen molar-refractivity contribution >= 4 is 17.1 Å². The Labute approximate surface area is 365 Å². The monoisotopic (exact) mass is 793 g/mol. The van der Waals surface area contributed by atoms with E-state index in [-0.39, 0.29) is 10.8 Å². The van der Waals surface area contributed by atoms with Crippen molar-refractivity contribution in [2.75, 3.05) is 4.90 Å². The highest BCUT2D eigenvalue weighted by Crippen LogP contribution is 2.59. The van der Waals surface area contributed by atoms with Crippen molar-refractivity contribution in [1.82, 2.24) is 0 Å². The van der Waals surface area contributed by atoms with E-state index >= 15 is 0 Å². The number of nitrogens with zero attached hydrogens (tertiary/aromatic N) is 1. The molecule has 9 aromatic rings. The Morgan fingerprint density at radius 1 is 0.274 bits per heavy atom. The summed E-state index contributed by atoms with van der Waals surface area (Å²) in [6, 6.07) is 80.1. The number of hydrogen-bond acceptors (Lipinski definition) is 1. The molecule has 0 saturated carbocycles. The van der Waals surface area contributed by atoms with Crippen molar-refractivity contribution in [3.05, 3.63) is 257 Å². The van der Waals surface area contributed by atoms with Gasteiger partial charge in [0.25, 0.3) is 0 Å². The summed E-state index contributed by atoms with van der Waals surface area (Å²) in [6.07, 6.45) is 0. The smallest absolute Gasteiger partial charge is 0.0733 e. The minimum absolute atomic E-state index is 0.100. The Morgan fingerprint density at radius 3 is 1.26 bits per heavy atom. The van der Waals surface area contributed by atoms with Crippen LogP contribution >= 0.6 is 0 Å². The van der Waals surface area contributed by atoms with Crippen LogP contribution in [0.3, 0.4) is 0 Å². The van der Waals surface area contributed by atoms with Gasteiger partial charge in [-0.15, -0.1) is 0 Å². The molecule has 0 radical (unpaired) electrons. The maximum absolute atomic E-state index is 2.57. The van der Waals surface area contributed by atoms with Crippen molar-refractivity contribution in [3.8, 4) is 44.5 Å². The van der Waals surface area contributed by atoms with Gasteiger partial charge in [-0.3, -0.25) is 0 Å². The molecular weight excluding hydrogens is 747 g/mol. The molecule has 3 aliphatic rings. The number of fused-ring (bicyclic) bond motifs is 11. The molecule has 0 unspecified atom stereocenters. The fraction of sp³-hybridized carbons (Fsp3) is 0.115. The van der Waals surface area contributed by atoms with E-state index in [0.717, 1.165) is 17.1 Å². The van der Waals surface area contributed by atoms with Gasteiger partial charge in [0.05, 0.1) is 11.1 Å². The van der Waals surface area contributed by atoms with Gasteiger partial charge in [0.15, 0.2) is 0 Å². The van der Waals surface area contributed by atoms with E-state index in [0.29, 0.717) is 0 Å². The average molecular weight is 794 g/mol. The van der Waals surface area contributed by atoms with Crippen molar-refractivity contribution < 1.29 is 0 Å². The highest BCUT2D eigenvalue weighted by molar-refractivity contribution is 5.95. The Hall–Kier alpha value is -7.22. The van der Waals surface area contributed by atoms with E-state index in [1.54, 1.807) is 0 Å². The Kier molecular flexibility index (Phi) is 7.91. The summed E-state index contributed by atoms with van der Waals surface area (Å²) < 4.78 is 0. The van der Waals surface area contributed by atoms with E-state index in [4.69, 9.17) is 0 Å². The molecule has 0 bridgehead atoms. The molecule has 0 heterocycles. The Morgan fingerprint density at radius 2 is 0.661 bits per heavy atom. The molecule has 0 N–H and O–H groups in total. The van der Waals surface area contributed by atoms with Gasteiger partial charge in [0.1, 0.15) is 0 Å². The number of hydrogen-bond donors (Lipinski definition) is 0. The minimum Gasteiger partial charge on any atom is -0.310 e. The first-order valence-corrected chi connectivity index (χ1v) is 22.0. The lowest BCUT2D eigenvalue weighted by molar-refractivity contribution is 0.660. The van der Waals surface area contributed by atoms with E-state index in [1.807, 2.05) is 0 Å². The van der Waals surface area contributed by atoms with Crippen molar-refractivity contribution in [2.45, 2.75) is 43.9 Å². The Balaban J connectivity index is 1.20. The molecule has 1 heteroatoms. The second kappa shape index (κ2) is 13.4.